The van der Waals surface area contributed by atoms with Crippen molar-refractivity contribution in [3.05, 3.63) is 57.7 Å². The number of rotatable bonds is 7. The summed E-state index contributed by atoms with van der Waals surface area (Å²) in [6.45, 7) is 2.87. The van der Waals surface area contributed by atoms with Crippen LogP contribution in [0.3, 0.4) is 0 Å². The molecule has 0 spiro atoms. The molecular formula is C17H20INO2. The molecule has 0 amide bonds. The maximum atomic E-state index is 9.94. The van der Waals surface area contributed by atoms with E-state index in [1.807, 2.05) is 48.5 Å². The molecule has 2 rings (SSSR count). The highest BCUT2D eigenvalue weighted by atomic mass is 127. The summed E-state index contributed by atoms with van der Waals surface area (Å²) < 4.78 is 6.78. The molecule has 0 aliphatic carbocycles. The Balaban J connectivity index is 1.73. The first-order chi connectivity index (χ1) is 10.2. The largest absolute Gasteiger partial charge is 0.491 e. The lowest BCUT2D eigenvalue weighted by molar-refractivity contribution is 0.117. The van der Waals surface area contributed by atoms with Crippen LogP contribution in [0.4, 0.5) is 5.69 Å². The van der Waals surface area contributed by atoms with E-state index in [0.717, 1.165) is 17.9 Å². The van der Waals surface area contributed by atoms with Gasteiger partial charge in [-0.2, -0.15) is 0 Å². The zero-order valence-electron chi connectivity index (χ0n) is 12.1. The molecule has 112 valence electrons. The van der Waals surface area contributed by atoms with Gasteiger partial charge in [0, 0.05) is 15.8 Å². The molecule has 0 aliphatic rings. The van der Waals surface area contributed by atoms with Gasteiger partial charge in [0.15, 0.2) is 0 Å². The Morgan fingerprint density at radius 1 is 1.10 bits per heavy atom. The third kappa shape index (κ3) is 5.55. The highest BCUT2D eigenvalue weighted by Gasteiger charge is 2.05. The number of hydrogen-bond donors (Lipinski definition) is 2. The molecule has 0 saturated heterocycles. The van der Waals surface area contributed by atoms with E-state index in [-0.39, 0.29) is 6.61 Å². The van der Waals surface area contributed by atoms with Crippen molar-refractivity contribution in [3.63, 3.8) is 0 Å². The predicted octanol–water partition coefficient (Wildman–Crippen LogP) is 3.71. The van der Waals surface area contributed by atoms with Crippen LogP contribution in [0.25, 0.3) is 0 Å². The second kappa shape index (κ2) is 8.24. The Bertz CT molecular complexity index is 540. The monoisotopic (exact) mass is 397 g/mol. The van der Waals surface area contributed by atoms with Crippen molar-refractivity contribution in [2.75, 3.05) is 18.5 Å². The highest BCUT2D eigenvalue weighted by Crippen LogP contribution is 2.13. The molecule has 2 aromatic carbocycles. The molecule has 0 aromatic heterocycles. The molecule has 0 heterocycles. The van der Waals surface area contributed by atoms with Crippen LogP contribution in [0.2, 0.25) is 0 Å². The fourth-order valence-electron chi connectivity index (χ4n) is 1.88. The highest BCUT2D eigenvalue weighted by molar-refractivity contribution is 14.1. The zero-order chi connectivity index (χ0) is 15.1. The molecule has 0 radical (unpaired) electrons. The quantitative estimate of drug-likeness (QED) is 0.701. The fraction of sp³-hybridized carbons (Fsp3) is 0.294. The number of halogens is 1. The minimum absolute atomic E-state index is 0.281. The number of benzene rings is 2. The van der Waals surface area contributed by atoms with Crippen LogP contribution >= 0.6 is 22.6 Å². The predicted molar refractivity (Wildman–Crippen MR) is 95.0 cm³/mol. The number of hydrogen-bond acceptors (Lipinski definition) is 3. The number of aryl methyl sites for hydroxylation is 1. The molecule has 21 heavy (non-hydrogen) atoms. The Morgan fingerprint density at radius 2 is 1.76 bits per heavy atom. The van der Waals surface area contributed by atoms with E-state index >= 15 is 0 Å². The van der Waals surface area contributed by atoms with Crippen LogP contribution in [-0.2, 0) is 6.42 Å². The summed E-state index contributed by atoms with van der Waals surface area (Å²) in [5.74, 6) is 0.792. The standard InChI is InChI=1S/C17H20INO2/c1-2-13-3-9-17(10-4-13)21-12-16(20)11-19-15-7-5-14(18)6-8-15/h3-10,16,19-20H,2,11-12H2,1H3. The first-order valence-corrected chi connectivity index (χ1v) is 8.14. The van der Waals surface area contributed by atoms with Gasteiger partial charge in [0.1, 0.15) is 18.5 Å². The first kappa shape index (κ1) is 16.1. The van der Waals surface area contributed by atoms with E-state index in [9.17, 15) is 5.11 Å². The average Bonchev–Trinajstić information content (AvgIpc) is 2.53. The Morgan fingerprint density at radius 3 is 2.38 bits per heavy atom. The third-order valence-electron chi connectivity index (χ3n) is 3.16. The normalized spacial score (nSPS) is 12.0. The number of nitrogens with one attached hydrogen (secondary N) is 1. The summed E-state index contributed by atoms with van der Waals surface area (Å²) in [4.78, 5) is 0. The van der Waals surface area contributed by atoms with E-state index in [0.29, 0.717) is 6.54 Å². The van der Waals surface area contributed by atoms with Crippen molar-refractivity contribution < 1.29 is 9.84 Å². The third-order valence-corrected chi connectivity index (χ3v) is 3.88. The van der Waals surface area contributed by atoms with Crippen molar-refractivity contribution in [3.8, 4) is 5.75 Å². The van der Waals surface area contributed by atoms with Gasteiger partial charge in [0.2, 0.25) is 0 Å². The van der Waals surface area contributed by atoms with E-state index in [2.05, 4.69) is 34.8 Å². The average molecular weight is 397 g/mol. The van der Waals surface area contributed by atoms with Crippen LogP contribution in [0.1, 0.15) is 12.5 Å². The summed E-state index contributed by atoms with van der Waals surface area (Å²) in [7, 11) is 0. The maximum absolute atomic E-state index is 9.94. The van der Waals surface area contributed by atoms with E-state index in [1.54, 1.807) is 0 Å². The lowest BCUT2D eigenvalue weighted by Gasteiger charge is -2.14. The van der Waals surface area contributed by atoms with Gasteiger partial charge in [0.25, 0.3) is 0 Å². The molecule has 0 bridgehead atoms. The lowest BCUT2D eigenvalue weighted by Crippen LogP contribution is -2.26. The van der Waals surface area contributed by atoms with E-state index in [4.69, 9.17) is 4.74 Å². The van der Waals surface area contributed by atoms with E-state index < -0.39 is 6.10 Å². The van der Waals surface area contributed by atoms with Gasteiger partial charge in [-0.3, -0.25) is 0 Å². The molecule has 1 unspecified atom stereocenters. The molecule has 0 saturated carbocycles. The molecule has 4 heteroatoms. The van der Waals surface area contributed by atoms with Crippen molar-refractivity contribution in [2.24, 2.45) is 0 Å². The van der Waals surface area contributed by atoms with E-state index in [1.165, 1.54) is 9.13 Å². The minimum atomic E-state index is -0.546. The summed E-state index contributed by atoms with van der Waals surface area (Å²) in [5.41, 5.74) is 2.28. The summed E-state index contributed by atoms with van der Waals surface area (Å²) in [5, 5.41) is 13.1. The molecule has 1 atom stereocenters. The maximum Gasteiger partial charge on any atom is 0.119 e. The fourth-order valence-corrected chi connectivity index (χ4v) is 2.24. The molecular weight excluding hydrogens is 377 g/mol. The second-order valence-corrected chi connectivity index (χ2v) is 6.10. The zero-order valence-corrected chi connectivity index (χ0v) is 14.2. The van der Waals surface area contributed by atoms with Crippen LogP contribution in [-0.4, -0.2) is 24.4 Å². The molecule has 2 N–H and O–H groups in total. The van der Waals surface area contributed by atoms with Gasteiger partial charge in [-0.05, 0) is 71.0 Å². The van der Waals surface area contributed by atoms with Gasteiger partial charge in [-0.1, -0.05) is 19.1 Å². The second-order valence-electron chi connectivity index (χ2n) is 4.85. The number of ether oxygens (including phenoxy) is 1. The van der Waals surface area contributed by atoms with Crippen LogP contribution in [0.15, 0.2) is 48.5 Å². The SMILES string of the molecule is CCc1ccc(OCC(O)CNc2ccc(I)cc2)cc1. The molecule has 0 aliphatic heterocycles. The molecule has 3 nitrogen and oxygen atoms in total. The summed E-state index contributed by atoms with van der Waals surface area (Å²) >= 11 is 2.27. The van der Waals surface area contributed by atoms with Crippen LogP contribution < -0.4 is 10.1 Å². The molecule has 2 aromatic rings. The van der Waals surface area contributed by atoms with Gasteiger partial charge < -0.3 is 15.2 Å². The lowest BCUT2D eigenvalue weighted by atomic mass is 10.2. The van der Waals surface area contributed by atoms with Crippen LogP contribution in [0, 0.1) is 3.57 Å². The van der Waals surface area contributed by atoms with Crippen molar-refractivity contribution in [1.82, 2.24) is 0 Å². The molecule has 0 fully saturated rings. The van der Waals surface area contributed by atoms with Gasteiger partial charge in [-0.25, -0.2) is 0 Å². The first-order valence-electron chi connectivity index (χ1n) is 7.06. The van der Waals surface area contributed by atoms with Crippen molar-refractivity contribution >= 4 is 28.3 Å². The number of aliphatic hydroxyl groups excluding tert-OH is 1. The van der Waals surface area contributed by atoms with Gasteiger partial charge in [-0.15, -0.1) is 0 Å². The van der Waals surface area contributed by atoms with Crippen molar-refractivity contribution in [2.45, 2.75) is 19.4 Å². The minimum Gasteiger partial charge on any atom is -0.491 e. The smallest absolute Gasteiger partial charge is 0.119 e. The number of aliphatic hydroxyl groups is 1. The van der Waals surface area contributed by atoms with Crippen LogP contribution in [0.5, 0.6) is 5.75 Å². The van der Waals surface area contributed by atoms with Gasteiger partial charge in [0.05, 0.1) is 0 Å². The Kier molecular flexibility index (Phi) is 6.32. The Labute approximate surface area is 139 Å². The topological polar surface area (TPSA) is 41.5 Å². The van der Waals surface area contributed by atoms with Crippen molar-refractivity contribution in [1.29, 1.82) is 0 Å². The van der Waals surface area contributed by atoms with Gasteiger partial charge >= 0.3 is 0 Å². The summed E-state index contributed by atoms with van der Waals surface area (Å²) in [6.07, 6.45) is 0.471. The summed E-state index contributed by atoms with van der Waals surface area (Å²) in [6, 6.07) is 16.0. The Hall–Kier alpha value is -1.27. The number of anilines is 1.